The Bertz CT molecular complexity index is 1080. The Morgan fingerprint density at radius 1 is 1.03 bits per heavy atom. The fourth-order valence-electron chi connectivity index (χ4n) is 5.21. The van der Waals surface area contributed by atoms with Crippen molar-refractivity contribution in [2.75, 3.05) is 39.2 Å². The molecule has 3 rings (SSSR count). The number of anilines is 1. The predicted octanol–water partition coefficient (Wildman–Crippen LogP) is 4.64. The lowest BCUT2D eigenvalue weighted by molar-refractivity contribution is -0.940. The summed E-state index contributed by atoms with van der Waals surface area (Å²) in [4.78, 5) is 39.5. The molecule has 0 radical (unpaired) electrons. The van der Waals surface area contributed by atoms with Crippen LogP contribution in [0.25, 0.3) is 0 Å². The van der Waals surface area contributed by atoms with E-state index in [1.165, 1.54) is 14.2 Å². The van der Waals surface area contributed by atoms with Crippen LogP contribution in [-0.2, 0) is 25.7 Å². The van der Waals surface area contributed by atoms with Crippen molar-refractivity contribution >= 4 is 23.5 Å². The molecule has 1 N–H and O–H groups in total. The number of amides is 1. The van der Waals surface area contributed by atoms with Gasteiger partial charge in [0.25, 0.3) is 5.91 Å². The monoisotopic (exact) mass is 511 g/mol. The topological polar surface area (TPSA) is 90.9 Å². The van der Waals surface area contributed by atoms with E-state index in [9.17, 15) is 14.4 Å². The van der Waals surface area contributed by atoms with Gasteiger partial charge in [0, 0.05) is 6.42 Å². The number of carbonyl (C=O) groups excluding carboxylic acids is 3. The molecule has 0 saturated carbocycles. The standard InChI is InChI=1S/C29H38N2O6/c1-5-12-25(28(33)30-27-21(2)17-23(35-3)18-24(27)29(34)36-4)31(15-10-7-11-16-31)19-26(32)37-20-22-13-8-6-9-14-22/h6,8-9,13-14,17-18,25H,5,7,10-12,15-16,19-20H2,1-4H3/p+1. The highest BCUT2D eigenvalue weighted by Gasteiger charge is 2.44. The predicted molar refractivity (Wildman–Crippen MR) is 141 cm³/mol. The maximum absolute atomic E-state index is 13.9. The lowest BCUT2D eigenvalue weighted by atomic mass is 9.98. The molecule has 0 aliphatic carbocycles. The smallest absolute Gasteiger partial charge is 0.362 e. The zero-order valence-corrected chi connectivity index (χ0v) is 22.4. The second-order valence-electron chi connectivity index (χ2n) is 9.68. The minimum absolute atomic E-state index is 0.135. The molecule has 0 aromatic heterocycles. The van der Waals surface area contributed by atoms with Crippen LogP contribution in [0.1, 0.15) is 60.5 Å². The van der Waals surface area contributed by atoms with E-state index in [1.54, 1.807) is 12.1 Å². The average Bonchev–Trinajstić information content (AvgIpc) is 2.92. The molecule has 1 aliphatic heterocycles. The van der Waals surface area contributed by atoms with Gasteiger partial charge in [-0.2, -0.15) is 0 Å². The van der Waals surface area contributed by atoms with E-state index in [-0.39, 0.29) is 30.6 Å². The number of nitrogens with zero attached hydrogens (tertiary/aromatic N) is 1. The number of aryl methyl sites for hydroxylation is 1. The molecule has 1 fully saturated rings. The summed E-state index contributed by atoms with van der Waals surface area (Å²) in [5, 5.41) is 3.02. The van der Waals surface area contributed by atoms with Crippen molar-refractivity contribution in [2.24, 2.45) is 0 Å². The fourth-order valence-corrected chi connectivity index (χ4v) is 5.21. The normalized spacial score (nSPS) is 15.4. The number of likely N-dealkylation sites (tertiary alicyclic amines) is 1. The van der Waals surface area contributed by atoms with Crippen molar-refractivity contribution in [3.63, 3.8) is 0 Å². The van der Waals surface area contributed by atoms with Crippen LogP contribution in [0.5, 0.6) is 5.75 Å². The summed E-state index contributed by atoms with van der Waals surface area (Å²) in [6, 6.07) is 12.5. The summed E-state index contributed by atoms with van der Waals surface area (Å²) >= 11 is 0. The van der Waals surface area contributed by atoms with E-state index in [0.29, 0.717) is 27.9 Å². The second kappa shape index (κ2) is 13.2. The summed E-state index contributed by atoms with van der Waals surface area (Å²) in [5.74, 6) is -0.578. The Hall–Kier alpha value is -3.39. The molecule has 2 aromatic carbocycles. The molecule has 0 spiro atoms. The van der Waals surface area contributed by atoms with Crippen LogP contribution in [0.4, 0.5) is 5.69 Å². The van der Waals surface area contributed by atoms with Crippen molar-refractivity contribution in [3.8, 4) is 5.75 Å². The highest BCUT2D eigenvalue weighted by Crippen LogP contribution is 2.31. The summed E-state index contributed by atoms with van der Waals surface area (Å²) in [7, 11) is 2.82. The molecule has 200 valence electrons. The first kappa shape index (κ1) is 28.2. The van der Waals surface area contributed by atoms with E-state index in [1.807, 2.05) is 44.2 Å². The molecular weight excluding hydrogens is 472 g/mol. The number of carbonyl (C=O) groups is 3. The number of hydrogen-bond donors (Lipinski definition) is 1. The number of methoxy groups -OCH3 is 2. The van der Waals surface area contributed by atoms with Crippen molar-refractivity contribution in [1.29, 1.82) is 0 Å². The van der Waals surface area contributed by atoms with E-state index >= 15 is 0 Å². The van der Waals surface area contributed by atoms with Crippen molar-refractivity contribution in [2.45, 2.75) is 58.6 Å². The number of nitrogens with one attached hydrogen (secondary N) is 1. The van der Waals surface area contributed by atoms with Crippen LogP contribution in [-0.4, -0.2) is 62.2 Å². The molecule has 1 aliphatic rings. The van der Waals surface area contributed by atoms with Gasteiger partial charge in [-0.15, -0.1) is 0 Å². The van der Waals surface area contributed by atoms with Gasteiger partial charge in [-0.25, -0.2) is 9.59 Å². The molecule has 1 unspecified atom stereocenters. The maximum Gasteiger partial charge on any atom is 0.362 e. The number of ether oxygens (including phenoxy) is 3. The van der Waals surface area contributed by atoms with Gasteiger partial charge in [-0.1, -0.05) is 37.3 Å². The molecule has 37 heavy (non-hydrogen) atoms. The first-order valence-electron chi connectivity index (χ1n) is 13.0. The Kier molecular flexibility index (Phi) is 10.1. The first-order valence-corrected chi connectivity index (χ1v) is 13.0. The highest BCUT2D eigenvalue weighted by atomic mass is 16.5. The molecule has 0 bridgehead atoms. The lowest BCUT2D eigenvalue weighted by Gasteiger charge is -2.45. The van der Waals surface area contributed by atoms with Crippen LogP contribution in [0, 0.1) is 6.92 Å². The zero-order chi connectivity index (χ0) is 26.8. The second-order valence-corrected chi connectivity index (χ2v) is 9.68. The van der Waals surface area contributed by atoms with Gasteiger partial charge in [0.15, 0.2) is 12.6 Å². The summed E-state index contributed by atoms with van der Waals surface area (Å²) in [5.41, 5.74) is 2.25. The van der Waals surface area contributed by atoms with E-state index in [4.69, 9.17) is 14.2 Å². The van der Waals surface area contributed by atoms with Gasteiger partial charge >= 0.3 is 11.9 Å². The van der Waals surface area contributed by atoms with Crippen molar-refractivity contribution < 1.29 is 33.1 Å². The Balaban J connectivity index is 1.87. The van der Waals surface area contributed by atoms with Gasteiger partial charge in [0.05, 0.1) is 38.6 Å². The van der Waals surface area contributed by atoms with Gasteiger partial charge in [0.1, 0.15) is 12.4 Å². The average molecular weight is 512 g/mol. The van der Waals surface area contributed by atoms with Crippen LogP contribution in [0.3, 0.4) is 0 Å². The molecule has 2 aromatic rings. The zero-order valence-electron chi connectivity index (χ0n) is 22.4. The van der Waals surface area contributed by atoms with Crippen molar-refractivity contribution in [3.05, 3.63) is 59.2 Å². The first-order chi connectivity index (χ1) is 17.8. The largest absolute Gasteiger partial charge is 0.497 e. The van der Waals surface area contributed by atoms with Crippen LogP contribution in [0.2, 0.25) is 0 Å². The molecule has 1 saturated heterocycles. The van der Waals surface area contributed by atoms with Gasteiger partial charge < -0.3 is 24.0 Å². The van der Waals surface area contributed by atoms with Crippen molar-refractivity contribution in [1.82, 2.24) is 0 Å². The fraction of sp³-hybridized carbons (Fsp3) is 0.483. The quantitative estimate of drug-likeness (QED) is 0.349. The Morgan fingerprint density at radius 2 is 1.73 bits per heavy atom. The minimum Gasteiger partial charge on any atom is -0.497 e. The molecule has 8 heteroatoms. The van der Waals surface area contributed by atoms with Gasteiger partial charge in [0.2, 0.25) is 0 Å². The Morgan fingerprint density at radius 3 is 2.35 bits per heavy atom. The number of esters is 2. The molecule has 1 atom stereocenters. The summed E-state index contributed by atoms with van der Waals surface area (Å²) in [6.45, 7) is 5.64. The van der Waals surface area contributed by atoms with Crippen LogP contribution >= 0.6 is 0 Å². The minimum atomic E-state index is -0.560. The van der Waals surface area contributed by atoms with E-state index in [0.717, 1.165) is 44.3 Å². The number of rotatable bonds is 11. The van der Waals surface area contributed by atoms with Gasteiger partial charge in [-0.05, 0) is 55.9 Å². The molecule has 8 nitrogen and oxygen atoms in total. The summed E-state index contributed by atoms with van der Waals surface area (Å²) < 4.78 is 16.3. The number of hydrogen-bond acceptors (Lipinski definition) is 6. The molecule has 1 heterocycles. The number of quaternary nitrogens is 1. The Labute approximate surface area is 219 Å². The van der Waals surface area contributed by atoms with E-state index < -0.39 is 12.0 Å². The van der Waals surface area contributed by atoms with Gasteiger partial charge in [-0.3, -0.25) is 4.79 Å². The van der Waals surface area contributed by atoms with Crippen LogP contribution < -0.4 is 10.1 Å². The third kappa shape index (κ3) is 7.10. The molecule has 1 amide bonds. The SMILES string of the molecule is CCCC(C(=O)Nc1c(C)cc(OC)cc1C(=O)OC)[N+]1(CC(=O)OCc2ccccc2)CCCCC1. The third-order valence-corrected chi connectivity index (χ3v) is 7.12. The maximum atomic E-state index is 13.9. The lowest BCUT2D eigenvalue weighted by Crippen LogP contribution is -2.64. The van der Waals surface area contributed by atoms with Crippen LogP contribution in [0.15, 0.2) is 42.5 Å². The molecular formula is C29H39N2O6+. The third-order valence-electron chi connectivity index (χ3n) is 7.12. The highest BCUT2D eigenvalue weighted by molar-refractivity contribution is 6.03. The summed E-state index contributed by atoms with van der Waals surface area (Å²) in [6.07, 6.45) is 4.34. The van der Waals surface area contributed by atoms with E-state index in [2.05, 4.69) is 5.32 Å². The number of benzene rings is 2. The number of piperidine rings is 1.